The Morgan fingerprint density at radius 3 is 2.37 bits per heavy atom. The Balaban J connectivity index is 2.21. The number of rotatable bonds is 5. The summed E-state index contributed by atoms with van der Waals surface area (Å²) in [6.07, 6.45) is 0.763. The third-order valence-electron chi connectivity index (χ3n) is 2.81. The second-order valence-electron chi connectivity index (χ2n) is 4.21. The summed E-state index contributed by atoms with van der Waals surface area (Å²) in [4.78, 5) is 1.14. The summed E-state index contributed by atoms with van der Waals surface area (Å²) >= 11 is 8.56. The maximum atomic E-state index is 6.19. The minimum atomic E-state index is -0.109. The molecular formula is C14H15Br2NOS. The highest BCUT2D eigenvalue weighted by Crippen LogP contribution is 2.33. The quantitative estimate of drug-likeness (QED) is 0.749. The molecule has 0 fully saturated rings. The molecule has 1 aromatic heterocycles. The van der Waals surface area contributed by atoms with Crippen molar-refractivity contribution in [2.45, 2.75) is 25.5 Å². The van der Waals surface area contributed by atoms with Crippen molar-refractivity contribution in [3.8, 4) is 5.75 Å². The van der Waals surface area contributed by atoms with E-state index in [0.717, 1.165) is 25.3 Å². The fourth-order valence-electron chi connectivity index (χ4n) is 1.71. The van der Waals surface area contributed by atoms with Crippen molar-refractivity contribution in [1.29, 1.82) is 0 Å². The van der Waals surface area contributed by atoms with E-state index >= 15 is 0 Å². The van der Waals surface area contributed by atoms with Crippen molar-refractivity contribution >= 4 is 43.2 Å². The molecule has 1 aromatic carbocycles. The Bertz CT molecular complexity index is 526. The minimum Gasteiger partial charge on any atom is -0.483 e. The van der Waals surface area contributed by atoms with Crippen LogP contribution in [0.4, 0.5) is 0 Å². The lowest BCUT2D eigenvalue weighted by atomic mass is 10.1. The van der Waals surface area contributed by atoms with Gasteiger partial charge in [-0.1, -0.05) is 22.9 Å². The van der Waals surface area contributed by atoms with Crippen LogP contribution in [0.25, 0.3) is 0 Å². The Kier molecular flexibility index (Phi) is 5.45. The third-order valence-corrected chi connectivity index (χ3v) is 5.03. The number of benzene rings is 1. The lowest BCUT2D eigenvalue weighted by Gasteiger charge is -2.23. The van der Waals surface area contributed by atoms with Gasteiger partial charge in [0.1, 0.15) is 11.9 Å². The van der Waals surface area contributed by atoms with Gasteiger partial charge in [0.25, 0.3) is 0 Å². The first kappa shape index (κ1) is 15.0. The van der Waals surface area contributed by atoms with Gasteiger partial charge in [-0.3, -0.25) is 0 Å². The zero-order chi connectivity index (χ0) is 13.8. The zero-order valence-electron chi connectivity index (χ0n) is 10.5. The van der Waals surface area contributed by atoms with E-state index in [1.54, 1.807) is 11.3 Å². The van der Waals surface area contributed by atoms with Crippen LogP contribution < -0.4 is 10.5 Å². The summed E-state index contributed by atoms with van der Waals surface area (Å²) in [7, 11) is 0. The van der Waals surface area contributed by atoms with Gasteiger partial charge in [0, 0.05) is 15.4 Å². The van der Waals surface area contributed by atoms with E-state index in [9.17, 15) is 0 Å². The molecule has 102 valence electrons. The van der Waals surface area contributed by atoms with Gasteiger partial charge in [0.15, 0.2) is 0 Å². The van der Waals surface area contributed by atoms with Crippen molar-refractivity contribution in [2.24, 2.45) is 5.73 Å². The fraction of sp³-hybridized carbons (Fsp3) is 0.286. The summed E-state index contributed by atoms with van der Waals surface area (Å²) in [6.45, 7) is 2.07. The molecule has 0 spiro atoms. The van der Waals surface area contributed by atoms with Crippen LogP contribution >= 0.6 is 43.2 Å². The second kappa shape index (κ2) is 6.88. The van der Waals surface area contributed by atoms with E-state index in [1.165, 1.54) is 0 Å². The molecule has 0 amide bonds. The smallest absolute Gasteiger partial charge is 0.148 e. The van der Waals surface area contributed by atoms with Gasteiger partial charge < -0.3 is 10.5 Å². The number of halogens is 2. The van der Waals surface area contributed by atoms with Crippen molar-refractivity contribution in [1.82, 2.24) is 0 Å². The molecule has 1 heterocycles. The van der Waals surface area contributed by atoms with Crippen molar-refractivity contribution in [3.05, 3.63) is 49.5 Å². The summed E-state index contributed by atoms with van der Waals surface area (Å²) < 4.78 is 8.20. The van der Waals surface area contributed by atoms with Crippen molar-refractivity contribution in [3.63, 3.8) is 0 Å². The largest absolute Gasteiger partial charge is 0.483 e. The number of thiophene rings is 1. The van der Waals surface area contributed by atoms with Gasteiger partial charge in [-0.2, -0.15) is 0 Å². The molecule has 2 N–H and O–H groups in total. The topological polar surface area (TPSA) is 35.2 Å². The van der Waals surface area contributed by atoms with Crippen LogP contribution in [0.15, 0.2) is 44.7 Å². The molecule has 2 rings (SSSR count). The van der Waals surface area contributed by atoms with Gasteiger partial charge >= 0.3 is 0 Å². The summed E-state index contributed by atoms with van der Waals surface area (Å²) in [5.74, 6) is 0.835. The van der Waals surface area contributed by atoms with Gasteiger partial charge in [0.2, 0.25) is 0 Å². The molecule has 2 nitrogen and oxygen atoms in total. The summed E-state index contributed by atoms with van der Waals surface area (Å²) in [5.41, 5.74) is 6.19. The van der Waals surface area contributed by atoms with Crippen LogP contribution in [-0.2, 0) is 0 Å². The Morgan fingerprint density at radius 1 is 1.16 bits per heavy atom. The average Bonchev–Trinajstić information content (AvgIpc) is 2.83. The molecule has 0 saturated heterocycles. The molecule has 0 radical (unpaired) electrons. The van der Waals surface area contributed by atoms with Crippen LogP contribution in [0.5, 0.6) is 5.75 Å². The summed E-state index contributed by atoms with van der Waals surface area (Å²) in [5, 5.41) is 0. The Labute approximate surface area is 134 Å². The number of ether oxygens (including phenoxy) is 1. The van der Waals surface area contributed by atoms with Crippen LogP contribution in [0.1, 0.15) is 24.3 Å². The molecule has 5 heteroatoms. The monoisotopic (exact) mass is 403 g/mol. The van der Waals surface area contributed by atoms with E-state index in [4.69, 9.17) is 10.5 Å². The second-order valence-corrected chi connectivity index (χ2v) is 7.62. The van der Waals surface area contributed by atoms with E-state index in [1.807, 2.05) is 30.3 Å². The third kappa shape index (κ3) is 4.05. The Hall–Kier alpha value is -0.360. The molecule has 2 atom stereocenters. The SMILES string of the molecule is CCC(N)C(Oc1ccc(Br)cc1)c1ccc(Br)s1. The zero-order valence-corrected chi connectivity index (χ0v) is 14.5. The first-order valence-electron chi connectivity index (χ1n) is 6.03. The van der Waals surface area contributed by atoms with E-state index in [0.29, 0.717) is 0 Å². The lowest BCUT2D eigenvalue weighted by Crippen LogP contribution is -2.30. The molecule has 0 aliphatic carbocycles. The van der Waals surface area contributed by atoms with Crippen LogP contribution in [0.3, 0.4) is 0 Å². The van der Waals surface area contributed by atoms with E-state index < -0.39 is 0 Å². The average molecular weight is 405 g/mol. The highest BCUT2D eigenvalue weighted by Gasteiger charge is 2.22. The molecule has 0 bridgehead atoms. The maximum Gasteiger partial charge on any atom is 0.148 e. The predicted molar refractivity (Wildman–Crippen MR) is 87.8 cm³/mol. The standard InChI is InChI=1S/C14H15Br2NOS/c1-2-11(17)14(12-7-8-13(16)19-12)18-10-5-3-9(15)4-6-10/h3-8,11,14H,2,17H2,1H3. The predicted octanol–water partition coefficient (Wildman–Crippen LogP) is 5.13. The van der Waals surface area contributed by atoms with Gasteiger partial charge in [0.05, 0.1) is 3.79 Å². The lowest BCUT2D eigenvalue weighted by molar-refractivity contribution is 0.174. The van der Waals surface area contributed by atoms with E-state index in [2.05, 4.69) is 44.8 Å². The fourth-order valence-corrected chi connectivity index (χ4v) is 3.51. The number of nitrogens with two attached hydrogens (primary N) is 1. The summed E-state index contributed by atoms with van der Waals surface area (Å²) in [6, 6.07) is 11.9. The van der Waals surface area contributed by atoms with Gasteiger partial charge in [-0.05, 0) is 58.7 Å². The normalized spacial score (nSPS) is 14.1. The van der Waals surface area contributed by atoms with Crippen LogP contribution in [0.2, 0.25) is 0 Å². The van der Waals surface area contributed by atoms with E-state index in [-0.39, 0.29) is 12.1 Å². The number of hydrogen-bond acceptors (Lipinski definition) is 3. The molecular weight excluding hydrogens is 390 g/mol. The van der Waals surface area contributed by atoms with Crippen molar-refractivity contribution < 1.29 is 4.74 Å². The highest BCUT2D eigenvalue weighted by atomic mass is 79.9. The number of hydrogen-bond donors (Lipinski definition) is 1. The minimum absolute atomic E-state index is 0.0193. The molecule has 19 heavy (non-hydrogen) atoms. The highest BCUT2D eigenvalue weighted by molar-refractivity contribution is 9.11. The molecule has 2 aromatic rings. The molecule has 0 aliphatic rings. The van der Waals surface area contributed by atoms with Crippen LogP contribution in [-0.4, -0.2) is 6.04 Å². The first-order valence-corrected chi connectivity index (χ1v) is 8.43. The van der Waals surface area contributed by atoms with Crippen molar-refractivity contribution in [2.75, 3.05) is 0 Å². The van der Waals surface area contributed by atoms with Crippen LogP contribution in [0, 0.1) is 0 Å². The Morgan fingerprint density at radius 2 is 1.84 bits per heavy atom. The molecule has 0 aliphatic heterocycles. The van der Waals surface area contributed by atoms with Gasteiger partial charge in [-0.15, -0.1) is 11.3 Å². The molecule has 0 saturated carbocycles. The maximum absolute atomic E-state index is 6.19. The van der Waals surface area contributed by atoms with Gasteiger partial charge in [-0.25, -0.2) is 0 Å². The molecule has 2 unspecified atom stereocenters. The first-order chi connectivity index (χ1) is 9.10.